The molecule has 1 N–H and O–H groups in total. The van der Waals surface area contributed by atoms with Gasteiger partial charge in [-0.2, -0.15) is 18.4 Å². The Kier molecular flexibility index (Phi) is 3.72. The zero-order chi connectivity index (χ0) is 12.3. The van der Waals surface area contributed by atoms with Crippen LogP contribution in [0.5, 0.6) is 0 Å². The smallest absolute Gasteiger partial charge is 0.287 e. The number of nitriles is 1. The van der Waals surface area contributed by atoms with E-state index in [1.54, 1.807) is 14.0 Å². The minimum atomic E-state index is -4.59. The Hall–Kier alpha value is -1.33. The minimum Gasteiger partial charge on any atom is -0.287 e. The van der Waals surface area contributed by atoms with E-state index in [0.717, 1.165) is 0 Å². The molecule has 1 aromatic rings. The predicted molar refractivity (Wildman–Crippen MR) is 53.9 cm³/mol. The zero-order valence-corrected chi connectivity index (χ0v) is 9.41. The number of hydrazine groups is 1. The van der Waals surface area contributed by atoms with Crippen LogP contribution in [0.4, 0.5) is 18.3 Å². The van der Waals surface area contributed by atoms with Gasteiger partial charge in [-0.15, -0.1) is 0 Å². The molecule has 0 aliphatic carbocycles. The van der Waals surface area contributed by atoms with E-state index in [9.17, 15) is 13.2 Å². The average Bonchev–Trinajstić information content (AvgIpc) is 2.61. The van der Waals surface area contributed by atoms with Gasteiger partial charge in [-0.05, 0) is 0 Å². The summed E-state index contributed by atoms with van der Waals surface area (Å²) < 4.78 is 37.4. The molecule has 8 heteroatoms. The van der Waals surface area contributed by atoms with E-state index in [-0.39, 0.29) is 5.13 Å². The summed E-state index contributed by atoms with van der Waals surface area (Å²) in [4.78, 5) is 2.98. The predicted octanol–water partition coefficient (Wildman–Crippen LogP) is 1.99. The molecule has 1 aromatic heterocycles. The molecule has 0 saturated carbocycles. The highest BCUT2D eigenvalue weighted by atomic mass is 32.1. The van der Waals surface area contributed by atoms with Crippen LogP contribution in [0.3, 0.4) is 0 Å². The summed E-state index contributed by atoms with van der Waals surface area (Å²) in [5.74, 6) is 0. The summed E-state index contributed by atoms with van der Waals surface area (Å²) >= 11 is 0.706. The van der Waals surface area contributed by atoms with Crippen molar-refractivity contribution >= 4 is 16.5 Å². The van der Waals surface area contributed by atoms with Gasteiger partial charge in [-0.3, -0.25) is 5.01 Å². The molecular weight excluding hydrogens is 241 g/mol. The van der Waals surface area contributed by atoms with Gasteiger partial charge in [0.1, 0.15) is 10.9 Å². The lowest BCUT2D eigenvalue weighted by molar-refractivity contribution is -0.140. The van der Waals surface area contributed by atoms with Crippen molar-refractivity contribution in [2.45, 2.75) is 13.1 Å². The van der Waals surface area contributed by atoms with Gasteiger partial charge in [0, 0.05) is 13.6 Å². The van der Waals surface area contributed by atoms with Gasteiger partial charge in [0.05, 0.1) is 0 Å². The Balaban J connectivity index is 3.09. The van der Waals surface area contributed by atoms with Gasteiger partial charge in [0.2, 0.25) is 5.13 Å². The number of aromatic nitrogens is 1. The molecule has 4 nitrogen and oxygen atoms in total. The first-order valence-electron chi connectivity index (χ1n) is 4.35. The van der Waals surface area contributed by atoms with Crippen molar-refractivity contribution in [3.05, 3.63) is 10.6 Å². The fourth-order valence-corrected chi connectivity index (χ4v) is 1.85. The number of rotatable bonds is 3. The summed E-state index contributed by atoms with van der Waals surface area (Å²) in [6, 6.07) is 1.50. The van der Waals surface area contributed by atoms with Crippen molar-refractivity contribution in [2.75, 3.05) is 18.6 Å². The molecule has 0 bridgehead atoms. The number of nitrogens with one attached hydrogen (secondary N) is 1. The molecule has 0 unspecified atom stereocenters. The third-order valence-electron chi connectivity index (χ3n) is 1.67. The van der Waals surface area contributed by atoms with Crippen molar-refractivity contribution in [3.63, 3.8) is 0 Å². The van der Waals surface area contributed by atoms with Gasteiger partial charge < -0.3 is 0 Å². The Morgan fingerprint density at radius 2 is 2.19 bits per heavy atom. The van der Waals surface area contributed by atoms with Gasteiger partial charge >= 0.3 is 6.18 Å². The lowest BCUT2D eigenvalue weighted by atomic mass is 10.4. The largest absolute Gasteiger partial charge is 0.435 e. The van der Waals surface area contributed by atoms with Gasteiger partial charge in [-0.25, -0.2) is 10.4 Å². The second kappa shape index (κ2) is 4.67. The van der Waals surface area contributed by atoms with Crippen LogP contribution in [0.15, 0.2) is 0 Å². The van der Waals surface area contributed by atoms with E-state index in [1.165, 1.54) is 11.1 Å². The first-order chi connectivity index (χ1) is 7.40. The highest BCUT2D eigenvalue weighted by Crippen LogP contribution is 2.36. The maximum Gasteiger partial charge on any atom is 0.435 e. The molecule has 1 rings (SSSR count). The molecule has 0 amide bonds. The molecule has 0 aliphatic rings. The van der Waals surface area contributed by atoms with Gasteiger partial charge in [0.15, 0.2) is 5.69 Å². The van der Waals surface area contributed by atoms with E-state index in [0.29, 0.717) is 17.9 Å². The number of halogens is 3. The summed E-state index contributed by atoms with van der Waals surface area (Å²) in [6.07, 6.45) is -4.59. The van der Waals surface area contributed by atoms with Crippen LogP contribution in [0, 0.1) is 11.3 Å². The molecule has 0 aromatic carbocycles. The fourth-order valence-electron chi connectivity index (χ4n) is 1.03. The monoisotopic (exact) mass is 250 g/mol. The Morgan fingerprint density at radius 1 is 1.56 bits per heavy atom. The lowest BCUT2D eigenvalue weighted by Crippen LogP contribution is -2.33. The Bertz CT molecular complexity index is 406. The van der Waals surface area contributed by atoms with Crippen LogP contribution >= 0.6 is 11.3 Å². The van der Waals surface area contributed by atoms with Crippen LogP contribution in [-0.2, 0) is 6.18 Å². The minimum absolute atomic E-state index is 0.116. The maximum atomic E-state index is 12.5. The topological polar surface area (TPSA) is 52.0 Å². The summed E-state index contributed by atoms with van der Waals surface area (Å²) in [5, 5.41) is 10.1. The Labute approximate surface area is 94.3 Å². The number of thiazole rings is 1. The van der Waals surface area contributed by atoms with Gasteiger partial charge in [-0.1, -0.05) is 18.3 Å². The summed E-state index contributed by atoms with van der Waals surface area (Å²) in [6.45, 7) is 2.36. The zero-order valence-electron chi connectivity index (χ0n) is 8.59. The first kappa shape index (κ1) is 12.7. The van der Waals surface area contributed by atoms with Gasteiger partial charge in [0.25, 0.3) is 0 Å². The van der Waals surface area contributed by atoms with Crippen molar-refractivity contribution < 1.29 is 13.2 Å². The molecule has 0 radical (unpaired) electrons. The summed E-state index contributed by atoms with van der Waals surface area (Å²) in [5.41, 5.74) is 1.66. The van der Waals surface area contributed by atoms with E-state index < -0.39 is 16.7 Å². The maximum absolute atomic E-state index is 12.5. The molecule has 0 fully saturated rings. The Morgan fingerprint density at radius 3 is 2.56 bits per heavy atom. The number of nitrogens with zero attached hydrogens (tertiary/aromatic N) is 3. The van der Waals surface area contributed by atoms with Crippen LogP contribution in [0.2, 0.25) is 0 Å². The quantitative estimate of drug-likeness (QED) is 0.833. The molecule has 0 atom stereocenters. The average molecular weight is 250 g/mol. The summed E-state index contributed by atoms with van der Waals surface area (Å²) in [7, 11) is 1.55. The number of alkyl halides is 3. The van der Waals surface area contributed by atoms with Crippen molar-refractivity contribution in [2.24, 2.45) is 0 Å². The molecule has 0 aliphatic heterocycles. The molecule has 1 heterocycles. The third kappa shape index (κ3) is 2.62. The normalized spacial score (nSPS) is 11.2. The van der Waals surface area contributed by atoms with E-state index in [1.807, 2.05) is 0 Å². The number of hydrogen-bond donors (Lipinski definition) is 1. The van der Waals surface area contributed by atoms with Crippen LogP contribution < -0.4 is 10.4 Å². The SMILES string of the molecule is CCNN(C)c1nc(C(F)(F)F)c(C#N)s1. The molecule has 0 saturated heterocycles. The standard InChI is InChI=1S/C8H9F3N4S/c1-3-13-15(2)7-14-6(8(9,10)11)5(4-12)16-7/h13H,3H2,1-2H3. The molecular formula is C8H9F3N4S. The van der Waals surface area contributed by atoms with E-state index in [4.69, 9.17) is 5.26 Å². The number of hydrogen-bond acceptors (Lipinski definition) is 5. The molecule has 0 spiro atoms. The highest BCUT2D eigenvalue weighted by molar-refractivity contribution is 7.16. The molecule has 88 valence electrons. The lowest BCUT2D eigenvalue weighted by Gasteiger charge is -2.15. The first-order valence-corrected chi connectivity index (χ1v) is 5.17. The molecule has 16 heavy (non-hydrogen) atoms. The second-order valence-electron chi connectivity index (χ2n) is 2.85. The van der Waals surface area contributed by atoms with E-state index in [2.05, 4.69) is 10.4 Å². The van der Waals surface area contributed by atoms with Crippen LogP contribution in [0.1, 0.15) is 17.5 Å². The van der Waals surface area contributed by atoms with Crippen molar-refractivity contribution in [1.29, 1.82) is 5.26 Å². The van der Waals surface area contributed by atoms with Crippen LogP contribution in [0.25, 0.3) is 0 Å². The fraction of sp³-hybridized carbons (Fsp3) is 0.500. The van der Waals surface area contributed by atoms with Crippen molar-refractivity contribution in [3.8, 4) is 6.07 Å². The van der Waals surface area contributed by atoms with E-state index >= 15 is 0 Å². The van der Waals surface area contributed by atoms with Crippen molar-refractivity contribution in [1.82, 2.24) is 10.4 Å². The van der Waals surface area contributed by atoms with Crippen LogP contribution in [-0.4, -0.2) is 18.6 Å². The number of anilines is 1. The second-order valence-corrected chi connectivity index (χ2v) is 3.83. The third-order valence-corrected chi connectivity index (χ3v) is 2.70. The highest BCUT2D eigenvalue weighted by Gasteiger charge is 2.38.